The number of hydrogen-bond acceptors (Lipinski definition) is 3. The van der Waals surface area contributed by atoms with Crippen molar-refractivity contribution in [2.24, 2.45) is 0 Å². The molecule has 0 atom stereocenters. The van der Waals surface area contributed by atoms with Crippen molar-refractivity contribution in [3.8, 4) is 5.75 Å². The molecule has 3 nitrogen and oxygen atoms in total. The van der Waals surface area contributed by atoms with Gasteiger partial charge in [0.15, 0.2) is 0 Å². The Kier molecular flexibility index (Phi) is 4.75. The van der Waals surface area contributed by atoms with Crippen molar-refractivity contribution in [2.45, 2.75) is 32.1 Å². The van der Waals surface area contributed by atoms with E-state index >= 15 is 0 Å². The van der Waals surface area contributed by atoms with Crippen molar-refractivity contribution >= 4 is 11.7 Å². The summed E-state index contributed by atoms with van der Waals surface area (Å²) in [5, 5.41) is 0. The van der Waals surface area contributed by atoms with Gasteiger partial charge >= 0.3 is 5.97 Å². The molecule has 3 rings (SSSR count). The lowest BCUT2D eigenvalue weighted by Crippen LogP contribution is -2.20. The highest BCUT2D eigenvalue weighted by atomic mass is 16.5. The van der Waals surface area contributed by atoms with Crippen LogP contribution < -0.4 is 10.5 Å². The number of nitrogen functional groups attached to an aromatic ring is 1. The molecule has 0 amide bonds. The maximum absolute atomic E-state index is 12.2. The zero-order chi connectivity index (χ0) is 17.9. The third-order valence-corrected chi connectivity index (χ3v) is 4.65. The predicted molar refractivity (Wildman–Crippen MR) is 102 cm³/mol. The van der Waals surface area contributed by atoms with Crippen LogP contribution in [-0.2, 0) is 5.41 Å². The fourth-order valence-electron chi connectivity index (χ4n) is 2.97. The molecule has 1 aliphatic rings. The number of allylic oxidation sites excluding steroid dienone is 4. The average molecular weight is 333 g/mol. The maximum atomic E-state index is 12.2. The molecule has 3 heteroatoms. The summed E-state index contributed by atoms with van der Waals surface area (Å²) in [5.41, 5.74) is 9.18. The van der Waals surface area contributed by atoms with Crippen LogP contribution in [0.1, 0.15) is 42.6 Å². The quantitative estimate of drug-likeness (QED) is 0.484. The topological polar surface area (TPSA) is 52.3 Å². The molecule has 2 aromatic rings. The Morgan fingerprint density at radius 2 is 1.68 bits per heavy atom. The van der Waals surface area contributed by atoms with Crippen molar-refractivity contribution in [1.29, 1.82) is 0 Å². The molecule has 2 aromatic carbocycles. The number of carbonyl (C=O) groups excluding carboxylic acids is 1. The minimum Gasteiger partial charge on any atom is -0.423 e. The van der Waals surface area contributed by atoms with E-state index in [1.165, 1.54) is 11.1 Å². The van der Waals surface area contributed by atoms with Gasteiger partial charge in [-0.1, -0.05) is 44.2 Å². The lowest BCUT2D eigenvalue weighted by molar-refractivity contribution is 0.0735. The first kappa shape index (κ1) is 17.0. The number of anilines is 1. The molecule has 0 radical (unpaired) electrons. The van der Waals surface area contributed by atoms with Gasteiger partial charge in [0.2, 0.25) is 0 Å². The molecule has 1 aliphatic carbocycles. The number of carbonyl (C=O) groups is 1. The number of esters is 1. The van der Waals surface area contributed by atoms with E-state index in [1.54, 1.807) is 24.3 Å². The van der Waals surface area contributed by atoms with E-state index in [-0.39, 0.29) is 11.4 Å². The van der Waals surface area contributed by atoms with E-state index in [2.05, 4.69) is 32.1 Å². The van der Waals surface area contributed by atoms with E-state index in [1.807, 2.05) is 24.3 Å². The second-order valence-corrected chi connectivity index (χ2v) is 6.80. The normalized spacial score (nSPS) is 14.1. The Morgan fingerprint density at radius 3 is 2.28 bits per heavy atom. The van der Waals surface area contributed by atoms with Gasteiger partial charge in [0.25, 0.3) is 0 Å². The van der Waals surface area contributed by atoms with Gasteiger partial charge < -0.3 is 10.5 Å². The summed E-state index contributed by atoms with van der Waals surface area (Å²) in [6.07, 6.45) is 8.93. The molecule has 0 aliphatic heterocycles. The number of nitrogens with two attached hydrogens (primary N) is 1. The molecule has 2 N–H and O–H groups in total. The summed E-state index contributed by atoms with van der Waals surface area (Å²) in [6.45, 7) is 4.42. The molecule has 0 saturated heterocycles. The Hall–Kier alpha value is -2.81. The van der Waals surface area contributed by atoms with Gasteiger partial charge in [-0.3, -0.25) is 0 Å². The molecule has 0 heterocycles. The zero-order valence-corrected chi connectivity index (χ0v) is 14.7. The van der Waals surface area contributed by atoms with Crippen molar-refractivity contribution < 1.29 is 9.53 Å². The summed E-state index contributed by atoms with van der Waals surface area (Å²) in [6, 6.07) is 14.4. The molecule has 0 bridgehead atoms. The van der Waals surface area contributed by atoms with E-state index in [9.17, 15) is 4.79 Å². The summed E-state index contributed by atoms with van der Waals surface area (Å²) in [4.78, 5) is 12.2. The number of hydrogen-bond donors (Lipinski definition) is 1. The lowest BCUT2D eigenvalue weighted by atomic mass is 9.76. The van der Waals surface area contributed by atoms with Gasteiger partial charge in [-0.05, 0) is 60.4 Å². The van der Waals surface area contributed by atoms with Crippen LogP contribution in [0, 0.1) is 0 Å². The van der Waals surface area contributed by atoms with Crippen molar-refractivity contribution in [3.05, 3.63) is 83.5 Å². The second kappa shape index (κ2) is 6.98. The lowest BCUT2D eigenvalue weighted by Gasteiger charge is -2.28. The summed E-state index contributed by atoms with van der Waals surface area (Å²) >= 11 is 0. The highest BCUT2D eigenvalue weighted by Crippen LogP contribution is 2.35. The predicted octanol–water partition coefficient (Wildman–Crippen LogP) is 5.04. The molecule has 0 spiro atoms. The van der Waals surface area contributed by atoms with Crippen LogP contribution in [-0.4, -0.2) is 5.97 Å². The van der Waals surface area contributed by atoms with Gasteiger partial charge in [-0.15, -0.1) is 0 Å². The fraction of sp³-hybridized carbons (Fsp3) is 0.227. The molecule has 0 fully saturated rings. The molecular formula is C22H23NO2. The van der Waals surface area contributed by atoms with Crippen LogP contribution >= 0.6 is 0 Å². The highest BCUT2D eigenvalue weighted by molar-refractivity contribution is 5.91. The van der Waals surface area contributed by atoms with Crippen molar-refractivity contribution in [2.75, 3.05) is 5.73 Å². The molecule has 0 aromatic heterocycles. The molecule has 25 heavy (non-hydrogen) atoms. The summed E-state index contributed by atoms with van der Waals surface area (Å²) in [7, 11) is 0. The molecule has 128 valence electrons. The van der Waals surface area contributed by atoms with Crippen LogP contribution in [0.25, 0.3) is 0 Å². The van der Waals surface area contributed by atoms with Crippen molar-refractivity contribution in [1.82, 2.24) is 0 Å². The second-order valence-electron chi connectivity index (χ2n) is 6.80. The third kappa shape index (κ3) is 3.82. The van der Waals surface area contributed by atoms with Crippen LogP contribution in [0.2, 0.25) is 0 Å². The Morgan fingerprint density at radius 1 is 1.00 bits per heavy atom. The Bertz CT molecular complexity index is 812. The largest absolute Gasteiger partial charge is 0.423 e. The number of benzene rings is 2. The van der Waals surface area contributed by atoms with Crippen LogP contribution in [0.4, 0.5) is 5.69 Å². The average Bonchev–Trinajstić information content (AvgIpc) is 2.63. The standard InChI is InChI=1S/C22H23NO2/c1-22(2,17-6-4-3-5-7-17)18-10-14-20(15-11-18)25-21(24)16-8-12-19(23)13-9-16/h4,6-15H,3,5,23H2,1-2H3. The first-order valence-electron chi connectivity index (χ1n) is 8.52. The van der Waals surface area contributed by atoms with E-state index in [0.717, 1.165) is 12.8 Å². The maximum Gasteiger partial charge on any atom is 0.343 e. The first-order chi connectivity index (χ1) is 12.0. The summed E-state index contributed by atoms with van der Waals surface area (Å²) < 4.78 is 5.45. The van der Waals surface area contributed by atoms with E-state index in [0.29, 0.717) is 17.0 Å². The minimum atomic E-state index is -0.384. The summed E-state index contributed by atoms with van der Waals surface area (Å²) in [5.74, 6) is 0.152. The van der Waals surface area contributed by atoms with Crippen molar-refractivity contribution in [3.63, 3.8) is 0 Å². The monoisotopic (exact) mass is 333 g/mol. The van der Waals surface area contributed by atoms with Gasteiger partial charge in [0.1, 0.15) is 5.75 Å². The van der Waals surface area contributed by atoms with E-state index < -0.39 is 0 Å². The van der Waals surface area contributed by atoms with Gasteiger partial charge in [0, 0.05) is 11.1 Å². The highest BCUT2D eigenvalue weighted by Gasteiger charge is 2.24. The molecular weight excluding hydrogens is 310 g/mol. The van der Waals surface area contributed by atoms with E-state index in [4.69, 9.17) is 10.5 Å². The molecule has 0 saturated carbocycles. The van der Waals surface area contributed by atoms with Crippen LogP contribution in [0.5, 0.6) is 5.75 Å². The third-order valence-electron chi connectivity index (χ3n) is 4.65. The fourth-order valence-corrected chi connectivity index (χ4v) is 2.97. The minimum absolute atomic E-state index is 0.0730. The first-order valence-corrected chi connectivity index (χ1v) is 8.52. The Labute approximate surface area is 148 Å². The zero-order valence-electron chi connectivity index (χ0n) is 14.7. The van der Waals surface area contributed by atoms with Crippen LogP contribution in [0.15, 0.2) is 72.3 Å². The number of rotatable bonds is 4. The Balaban J connectivity index is 1.73. The van der Waals surface area contributed by atoms with Crippen LogP contribution in [0.3, 0.4) is 0 Å². The van der Waals surface area contributed by atoms with Gasteiger partial charge in [0.05, 0.1) is 5.56 Å². The van der Waals surface area contributed by atoms with Gasteiger partial charge in [-0.2, -0.15) is 0 Å². The van der Waals surface area contributed by atoms with Gasteiger partial charge in [-0.25, -0.2) is 4.79 Å². The smallest absolute Gasteiger partial charge is 0.343 e. The molecule has 0 unspecified atom stereocenters. The SMILES string of the molecule is CC(C)(C1=CCCC=C1)c1ccc(OC(=O)c2ccc(N)cc2)cc1. The number of ether oxygens (including phenoxy) is 1.